The minimum atomic E-state index is 0.483. The summed E-state index contributed by atoms with van der Waals surface area (Å²) < 4.78 is 2.22. The highest BCUT2D eigenvalue weighted by molar-refractivity contribution is 7.99. The van der Waals surface area contributed by atoms with Crippen molar-refractivity contribution in [2.75, 3.05) is 25.1 Å². The van der Waals surface area contributed by atoms with Gasteiger partial charge in [0.2, 0.25) is 0 Å². The van der Waals surface area contributed by atoms with E-state index in [0.29, 0.717) is 5.41 Å². The number of rotatable bonds is 0. The van der Waals surface area contributed by atoms with Gasteiger partial charge in [0.1, 0.15) is 0 Å². The van der Waals surface area contributed by atoms with Crippen molar-refractivity contribution >= 4 is 11.8 Å². The molecule has 1 atom stereocenters. The largest absolute Gasteiger partial charge is 0.300 e. The van der Waals surface area contributed by atoms with Crippen molar-refractivity contribution < 1.29 is 0 Å². The summed E-state index contributed by atoms with van der Waals surface area (Å²) in [5.41, 5.74) is 1.85. The van der Waals surface area contributed by atoms with Crippen LogP contribution in [0.3, 0.4) is 0 Å². The molecule has 3 rings (SSSR count). The van der Waals surface area contributed by atoms with Crippen LogP contribution in [0.1, 0.15) is 26.0 Å². The Morgan fingerprint density at radius 1 is 1.35 bits per heavy atom. The van der Waals surface area contributed by atoms with Gasteiger partial charge in [-0.05, 0) is 25.3 Å². The first-order valence-corrected chi connectivity index (χ1v) is 7.70. The first-order chi connectivity index (χ1) is 8.27. The molecule has 1 fully saturated rings. The van der Waals surface area contributed by atoms with Gasteiger partial charge in [-0.25, -0.2) is 0 Å². The summed E-state index contributed by atoms with van der Waals surface area (Å²) in [4.78, 5) is 2.45. The second-order valence-corrected chi connectivity index (χ2v) is 6.06. The summed E-state index contributed by atoms with van der Waals surface area (Å²) in [5.74, 6) is 2.63. The molecule has 0 aromatic carbocycles. The van der Waals surface area contributed by atoms with Crippen LogP contribution in [0.15, 0.2) is 12.3 Å². The van der Waals surface area contributed by atoms with Gasteiger partial charge in [-0.15, -0.1) is 0 Å². The van der Waals surface area contributed by atoms with E-state index in [1.54, 1.807) is 0 Å². The van der Waals surface area contributed by atoms with Crippen LogP contribution in [0, 0.1) is 5.41 Å². The Balaban J connectivity index is 0.000000514. The Bertz CT molecular complexity index is 355. The van der Waals surface area contributed by atoms with Crippen LogP contribution in [-0.2, 0) is 13.1 Å². The number of thioether (sulfide) groups is 1. The minimum absolute atomic E-state index is 0.483. The molecule has 1 unspecified atom stereocenters. The standard InChI is InChI=1S/C11H17N3S.C2H6/c1-13-6-10-2-4-12-14(10)8-11(7-13)3-5-15-9-11;1-2/h2,4H,3,5-9H2,1H3;1-2H3. The average molecular weight is 253 g/mol. The molecule has 3 nitrogen and oxygen atoms in total. The van der Waals surface area contributed by atoms with Crippen molar-refractivity contribution in [3.63, 3.8) is 0 Å². The van der Waals surface area contributed by atoms with Gasteiger partial charge >= 0.3 is 0 Å². The SMILES string of the molecule is CC.CN1Cc2ccnn2CC2(CCSC2)C1. The third-order valence-electron chi connectivity index (χ3n) is 3.51. The summed E-state index contributed by atoms with van der Waals surface area (Å²) in [5, 5.41) is 4.45. The monoisotopic (exact) mass is 253 g/mol. The van der Waals surface area contributed by atoms with E-state index < -0.39 is 0 Å². The lowest BCUT2D eigenvalue weighted by Gasteiger charge is -2.29. The van der Waals surface area contributed by atoms with Crippen molar-refractivity contribution in [2.24, 2.45) is 5.41 Å². The van der Waals surface area contributed by atoms with E-state index in [1.165, 1.54) is 30.2 Å². The van der Waals surface area contributed by atoms with Crippen molar-refractivity contribution in [1.82, 2.24) is 14.7 Å². The molecule has 3 heterocycles. The zero-order valence-electron chi connectivity index (χ0n) is 11.1. The molecule has 4 heteroatoms. The Kier molecular flexibility index (Phi) is 4.15. The molecule has 17 heavy (non-hydrogen) atoms. The number of fused-ring (bicyclic) bond motifs is 1. The van der Waals surface area contributed by atoms with E-state index in [4.69, 9.17) is 0 Å². The fraction of sp³-hybridized carbons (Fsp3) is 0.769. The van der Waals surface area contributed by atoms with Gasteiger partial charge in [0.05, 0.1) is 5.69 Å². The lowest BCUT2D eigenvalue weighted by atomic mass is 9.87. The van der Waals surface area contributed by atoms with Crippen molar-refractivity contribution in [3.05, 3.63) is 18.0 Å². The molecule has 0 saturated carbocycles. The molecule has 1 spiro atoms. The van der Waals surface area contributed by atoms with Gasteiger partial charge in [0, 0.05) is 37.0 Å². The number of hydrogen-bond acceptors (Lipinski definition) is 3. The summed E-state index contributed by atoms with van der Waals surface area (Å²) in [6.07, 6.45) is 3.28. The van der Waals surface area contributed by atoms with Gasteiger partial charge < -0.3 is 0 Å². The highest BCUT2D eigenvalue weighted by Gasteiger charge is 2.38. The molecule has 2 aliphatic rings. The third kappa shape index (κ3) is 2.68. The van der Waals surface area contributed by atoms with Crippen LogP contribution in [-0.4, -0.2) is 39.8 Å². The molecule has 0 bridgehead atoms. The maximum absolute atomic E-state index is 4.45. The second kappa shape index (κ2) is 5.44. The first-order valence-electron chi connectivity index (χ1n) is 6.54. The second-order valence-electron chi connectivity index (χ2n) is 4.96. The van der Waals surface area contributed by atoms with E-state index in [0.717, 1.165) is 13.1 Å². The summed E-state index contributed by atoms with van der Waals surface area (Å²) >= 11 is 2.10. The minimum Gasteiger partial charge on any atom is -0.300 e. The van der Waals surface area contributed by atoms with Crippen molar-refractivity contribution in [1.29, 1.82) is 0 Å². The van der Waals surface area contributed by atoms with E-state index in [9.17, 15) is 0 Å². The van der Waals surface area contributed by atoms with Crippen LogP contribution in [0.2, 0.25) is 0 Å². The molecule has 2 aliphatic heterocycles. The zero-order chi connectivity index (χ0) is 12.3. The Hall–Kier alpha value is -0.480. The normalized spacial score (nSPS) is 28.4. The fourth-order valence-electron chi connectivity index (χ4n) is 2.81. The maximum Gasteiger partial charge on any atom is 0.0524 e. The molecule has 1 aromatic heterocycles. The summed E-state index contributed by atoms with van der Waals surface area (Å²) in [6.45, 7) is 7.39. The van der Waals surface area contributed by atoms with Gasteiger partial charge in [-0.3, -0.25) is 9.58 Å². The number of hydrogen-bond donors (Lipinski definition) is 0. The van der Waals surface area contributed by atoms with Gasteiger partial charge in [0.25, 0.3) is 0 Å². The van der Waals surface area contributed by atoms with E-state index in [2.05, 4.69) is 39.6 Å². The molecule has 0 aliphatic carbocycles. The van der Waals surface area contributed by atoms with Crippen molar-refractivity contribution in [3.8, 4) is 0 Å². The predicted octanol–water partition coefficient (Wildman–Crippen LogP) is 2.48. The van der Waals surface area contributed by atoms with E-state index >= 15 is 0 Å². The lowest BCUT2D eigenvalue weighted by Crippen LogP contribution is -2.36. The molecule has 96 valence electrons. The number of aromatic nitrogens is 2. The molecule has 0 radical (unpaired) electrons. The molecule has 0 N–H and O–H groups in total. The van der Waals surface area contributed by atoms with Crippen molar-refractivity contribution in [2.45, 2.75) is 33.4 Å². The highest BCUT2D eigenvalue weighted by atomic mass is 32.2. The quantitative estimate of drug-likeness (QED) is 0.709. The Labute approximate surface area is 109 Å². The molecular formula is C13H23N3S. The topological polar surface area (TPSA) is 21.1 Å². The number of nitrogens with zero attached hydrogens (tertiary/aromatic N) is 3. The Morgan fingerprint density at radius 2 is 2.18 bits per heavy atom. The smallest absolute Gasteiger partial charge is 0.0524 e. The molecular weight excluding hydrogens is 230 g/mol. The van der Waals surface area contributed by atoms with E-state index in [-0.39, 0.29) is 0 Å². The van der Waals surface area contributed by atoms with Gasteiger partial charge in [-0.1, -0.05) is 13.8 Å². The summed E-state index contributed by atoms with van der Waals surface area (Å²) in [6, 6.07) is 2.15. The summed E-state index contributed by atoms with van der Waals surface area (Å²) in [7, 11) is 2.23. The third-order valence-corrected chi connectivity index (χ3v) is 4.82. The fourth-order valence-corrected chi connectivity index (χ4v) is 4.29. The molecule has 1 saturated heterocycles. The predicted molar refractivity (Wildman–Crippen MR) is 74.3 cm³/mol. The lowest BCUT2D eigenvalue weighted by molar-refractivity contribution is 0.188. The molecule has 1 aromatic rings. The van der Waals surface area contributed by atoms with Crippen LogP contribution in [0.25, 0.3) is 0 Å². The zero-order valence-corrected chi connectivity index (χ0v) is 12.0. The van der Waals surface area contributed by atoms with E-state index in [1.807, 2.05) is 20.0 Å². The van der Waals surface area contributed by atoms with Gasteiger partial charge in [0.15, 0.2) is 0 Å². The van der Waals surface area contributed by atoms with Crippen LogP contribution in [0.4, 0.5) is 0 Å². The average Bonchev–Trinajstić information content (AvgIpc) is 2.90. The maximum atomic E-state index is 4.45. The first kappa shape index (κ1) is 13.0. The highest BCUT2D eigenvalue weighted by Crippen LogP contribution is 2.39. The molecule has 0 amide bonds. The van der Waals surface area contributed by atoms with Crippen LogP contribution >= 0.6 is 11.8 Å². The van der Waals surface area contributed by atoms with Gasteiger partial charge in [-0.2, -0.15) is 16.9 Å². The van der Waals surface area contributed by atoms with Crippen LogP contribution < -0.4 is 0 Å². The van der Waals surface area contributed by atoms with Crippen LogP contribution in [0.5, 0.6) is 0 Å². The Morgan fingerprint density at radius 3 is 2.88 bits per heavy atom.